The first-order chi connectivity index (χ1) is 10.5. The topological polar surface area (TPSA) is 58.2 Å². The van der Waals surface area contributed by atoms with Crippen LogP contribution >= 0.6 is 23.2 Å². The molecule has 4 nitrogen and oxygen atoms in total. The summed E-state index contributed by atoms with van der Waals surface area (Å²) in [7, 11) is 0. The molecule has 1 atom stereocenters. The maximum Gasteiger partial charge on any atom is 0.313 e. The van der Waals surface area contributed by atoms with Gasteiger partial charge >= 0.3 is 11.8 Å². The van der Waals surface area contributed by atoms with E-state index in [2.05, 4.69) is 10.6 Å². The van der Waals surface area contributed by atoms with Crippen LogP contribution < -0.4 is 10.6 Å². The van der Waals surface area contributed by atoms with Gasteiger partial charge in [0, 0.05) is 0 Å². The molecule has 2 amide bonds. The predicted octanol–water partition coefficient (Wildman–Crippen LogP) is 3.81. The van der Waals surface area contributed by atoms with Crippen LogP contribution in [0, 0.1) is 0 Å². The molecule has 0 bridgehead atoms. The van der Waals surface area contributed by atoms with Crippen LogP contribution in [0.4, 0.5) is 5.69 Å². The molecule has 2 aromatic rings. The summed E-state index contributed by atoms with van der Waals surface area (Å²) in [6.45, 7) is 1.80. The summed E-state index contributed by atoms with van der Waals surface area (Å²) >= 11 is 11.8. The van der Waals surface area contributed by atoms with Crippen molar-refractivity contribution in [3.05, 3.63) is 64.1 Å². The average molecular weight is 337 g/mol. The van der Waals surface area contributed by atoms with E-state index in [0.29, 0.717) is 10.7 Å². The van der Waals surface area contributed by atoms with E-state index in [4.69, 9.17) is 23.2 Å². The van der Waals surface area contributed by atoms with Crippen molar-refractivity contribution in [2.75, 3.05) is 5.32 Å². The van der Waals surface area contributed by atoms with Gasteiger partial charge in [0.25, 0.3) is 0 Å². The molecular weight excluding hydrogens is 323 g/mol. The Morgan fingerprint density at radius 1 is 0.955 bits per heavy atom. The Morgan fingerprint density at radius 3 is 2.32 bits per heavy atom. The Kier molecular flexibility index (Phi) is 5.41. The van der Waals surface area contributed by atoms with Crippen LogP contribution in [0.5, 0.6) is 0 Å². The van der Waals surface area contributed by atoms with Crippen molar-refractivity contribution < 1.29 is 9.59 Å². The van der Waals surface area contributed by atoms with Crippen molar-refractivity contribution >= 4 is 40.7 Å². The summed E-state index contributed by atoms with van der Waals surface area (Å²) in [5.41, 5.74) is 1.20. The van der Waals surface area contributed by atoms with Gasteiger partial charge in [-0.25, -0.2) is 0 Å². The van der Waals surface area contributed by atoms with E-state index < -0.39 is 11.8 Å². The van der Waals surface area contributed by atoms with Gasteiger partial charge < -0.3 is 10.6 Å². The number of hydrogen-bond donors (Lipinski definition) is 2. The van der Waals surface area contributed by atoms with Crippen molar-refractivity contribution in [2.24, 2.45) is 0 Å². The molecule has 0 radical (unpaired) electrons. The second-order valence-corrected chi connectivity index (χ2v) is 5.45. The van der Waals surface area contributed by atoms with Gasteiger partial charge in [0.05, 0.1) is 21.8 Å². The number of carbonyl (C=O) groups is 2. The highest BCUT2D eigenvalue weighted by Gasteiger charge is 2.18. The highest BCUT2D eigenvalue weighted by molar-refractivity contribution is 6.45. The zero-order chi connectivity index (χ0) is 16.1. The van der Waals surface area contributed by atoms with Gasteiger partial charge in [0.2, 0.25) is 0 Å². The third kappa shape index (κ3) is 4.00. The molecule has 2 aromatic carbocycles. The molecule has 114 valence electrons. The summed E-state index contributed by atoms with van der Waals surface area (Å²) in [5.74, 6) is -1.54. The van der Waals surface area contributed by atoms with Gasteiger partial charge in [0.1, 0.15) is 0 Å². The van der Waals surface area contributed by atoms with Crippen LogP contribution in [0.1, 0.15) is 18.5 Å². The molecule has 0 saturated heterocycles. The number of hydrogen-bond acceptors (Lipinski definition) is 2. The molecule has 0 spiro atoms. The fourth-order valence-corrected chi connectivity index (χ4v) is 2.21. The smallest absolute Gasteiger partial charge is 0.313 e. The molecule has 2 rings (SSSR count). The van der Waals surface area contributed by atoms with Gasteiger partial charge in [-0.1, -0.05) is 59.6 Å². The molecule has 0 heterocycles. The number of rotatable bonds is 3. The normalized spacial score (nSPS) is 11.6. The first-order valence-electron chi connectivity index (χ1n) is 6.60. The minimum Gasteiger partial charge on any atom is -0.341 e. The van der Waals surface area contributed by atoms with Crippen LogP contribution in [-0.4, -0.2) is 11.8 Å². The maximum absolute atomic E-state index is 11.9. The van der Waals surface area contributed by atoms with Crippen LogP contribution in [0.2, 0.25) is 10.0 Å². The average Bonchev–Trinajstić information content (AvgIpc) is 2.52. The van der Waals surface area contributed by atoms with Gasteiger partial charge in [-0.2, -0.15) is 0 Å². The first kappa shape index (κ1) is 16.3. The molecule has 0 aliphatic rings. The fraction of sp³-hybridized carbons (Fsp3) is 0.125. The lowest BCUT2D eigenvalue weighted by Crippen LogP contribution is -2.36. The quantitative estimate of drug-likeness (QED) is 0.837. The Morgan fingerprint density at radius 2 is 1.64 bits per heavy atom. The minimum absolute atomic E-state index is 0.196. The lowest BCUT2D eigenvalue weighted by Gasteiger charge is -2.14. The molecule has 0 aromatic heterocycles. The van der Waals surface area contributed by atoms with Gasteiger partial charge in [0.15, 0.2) is 0 Å². The highest BCUT2D eigenvalue weighted by Crippen LogP contribution is 2.29. The largest absolute Gasteiger partial charge is 0.341 e. The van der Waals surface area contributed by atoms with Crippen molar-refractivity contribution in [3.8, 4) is 0 Å². The van der Waals surface area contributed by atoms with E-state index in [-0.39, 0.29) is 11.1 Å². The molecule has 0 unspecified atom stereocenters. The van der Waals surface area contributed by atoms with Crippen LogP contribution in [-0.2, 0) is 9.59 Å². The zero-order valence-electron chi connectivity index (χ0n) is 11.8. The van der Waals surface area contributed by atoms with Gasteiger partial charge in [-0.3, -0.25) is 9.59 Å². The Labute approximate surface area is 138 Å². The van der Waals surface area contributed by atoms with Crippen LogP contribution in [0.3, 0.4) is 0 Å². The lowest BCUT2D eigenvalue weighted by atomic mass is 10.1. The predicted molar refractivity (Wildman–Crippen MR) is 88.1 cm³/mol. The van der Waals surface area contributed by atoms with E-state index in [1.54, 1.807) is 25.1 Å². The molecule has 22 heavy (non-hydrogen) atoms. The fourth-order valence-electron chi connectivity index (χ4n) is 1.87. The van der Waals surface area contributed by atoms with Crippen LogP contribution in [0.25, 0.3) is 0 Å². The number of anilines is 1. The molecular formula is C16H14Cl2N2O2. The molecule has 0 aliphatic heterocycles. The summed E-state index contributed by atoms with van der Waals surface area (Å²) in [5, 5.41) is 5.56. The van der Waals surface area contributed by atoms with E-state index in [1.807, 2.05) is 30.3 Å². The minimum atomic E-state index is -0.799. The number of amides is 2. The molecule has 6 heteroatoms. The Bertz CT molecular complexity index is 690. The molecule has 2 N–H and O–H groups in total. The summed E-state index contributed by atoms with van der Waals surface area (Å²) in [6.07, 6.45) is 0. The van der Waals surface area contributed by atoms with E-state index in [9.17, 15) is 9.59 Å². The van der Waals surface area contributed by atoms with E-state index >= 15 is 0 Å². The van der Waals surface area contributed by atoms with Gasteiger partial charge in [-0.15, -0.1) is 0 Å². The van der Waals surface area contributed by atoms with Crippen molar-refractivity contribution in [1.82, 2.24) is 5.32 Å². The molecule has 0 saturated carbocycles. The van der Waals surface area contributed by atoms with E-state index in [0.717, 1.165) is 5.56 Å². The van der Waals surface area contributed by atoms with Crippen LogP contribution in [0.15, 0.2) is 48.5 Å². The zero-order valence-corrected chi connectivity index (χ0v) is 13.3. The number of benzene rings is 2. The standard InChI is InChI=1S/C16H14Cl2N2O2/c1-10(11-6-3-2-4-7-11)19-15(21)16(22)20-13-9-5-8-12(17)14(13)18/h2-10H,1H3,(H,19,21)(H,20,22)/t10-/m0/s1. The maximum atomic E-state index is 11.9. The van der Waals surface area contributed by atoms with Gasteiger partial charge in [-0.05, 0) is 24.6 Å². The number of halogens is 2. The van der Waals surface area contributed by atoms with E-state index in [1.165, 1.54) is 0 Å². The van der Waals surface area contributed by atoms with Crippen molar-refractivity contribution in [2.45, 2.75) is 13.0 Å². The third-order valence-electron chi connectivity index (χ3n) is 3.05. The van der Waals surface area contributed by atoms with Crippen molar-refractivity contribution in [3.63, 3.8) is 0 Å². The second-order valence-electron chi connectivity index (χ2n) is 4.66. The number of nitrogens with one attached hydrogen (secondary N) is 2. The monoisotopic (exact) mass is 336 g/mol. The molecule has 0 fully saturated rings. The lowest BCUT2D eigenvalue weighted by molar-refractivity contribution is -0.136. The van der Waals surface area contributed by atoms with Crippen molar-refractivity contribution in [1.29, 1.82) is 0 Å². The highest BCUT2D eigenvalue weighted by atomic mass is 35.5. The Balaban J connectivity index is 2.01. The second kappa shape index (κ2) is 7.29. The summed E-state index contributed by atoms with van der Waals surface area (Å²) in [4.78, 5) is 23.8. The third-order valence-corrected chi connectivity index (χ3v) is 3.87. The first-order valence-corrected chi connectivity index (χ1v) is 7.35. The summed E-state index contributed by atoms with van der Waals surface area (Å²) in [6, 6.07) is 13.9. The SMILES string of the molecule is C[C@H](NC(=O)C(=O)Nc1cccc(Cl)c1Cl)c1ccccc1. The molecule has 0 aliphatic carbocycles. The Hall–Kier alpha value is -2.04. The number of carbonyl (C=O) groups excluding carboxylic acids is 2. The summed E-state index contributed by atoms with van der Waals surface area (Å²) < 4.78 is 0.